The minimum atomic E-state index is 0.157. The summed E-state index contributed by atoms with van der Waals surface area (Å²) in [6.45, 7) is 9.39. The van der Waals surface area contributed by atoms with Gasteiger partial charge in [0.1, 0.15) is 0 Å². The summed E-state index contributed by atoms with van der Waals surface area (Å²) in [6, 6.07) is 8.95. The van der Waals surface area contributed by atoms with Crippen molar-refractivity contribution in [2.24, 2.45) is 0 Å². The van der Waals surface area contributed by atoms with Gasteiger partial charge < -0.3 is 4.90 Å². The van der Waals surface area contributed by atoms with Crippen molar-refractivity contribution < 1.29 is 4.79 Å². The Morgan fingerprint density at radius 1 is 1.11 bits per heavy atom. The van der Waals surface area contributed by atoms with Gasteiger partial charge in [0.15, 0.2) is 0 Å². The molecule has 1 amide bonds. The number of nitrogens with zero attached hydrogens (tertiary/aromatic N) is 2. The molecule has 28 heavy (non-hydrogen) atoms. The molecular formula is C24H29BrN2O. The van der Waals surface area contributed by atoms with Gasteiger partial charge in [0.25, 0.3) is 0 Å². The number of fused-ring (bicyclic) bond motifs is 2. The van der Waals surface area contributed by atoms with Crippen LogP contribution >= 0.6 is 15.9 Å². The van der Waals surface area contributed by atoms with Gasteiger partial charge in [0, 0.05) is 36.3 Å². The number of carbonyl (C=O) groups is 1. The highest BCUT2D eigenvalue weighted by molar-refractivity contribution is 9.10. The molecule has 148 valence electrons. The van der Waals surface area contributed by atoms with E-state index in [-0.39, 0.29) is 5.91 Å². The molecule has 1 aliphatic carbocycles. The lowest BCUT2D eigenvalue weighted by Crippen LogP contribution is -2.35. The molecular weight excluding hydrogens is 412 g/mol. The molecule has 1 saturated heterocycles. The van der Waals surface area contributed by atoms with Gasteiger partial charge in [-0.25, -0.2) is 0 Å². The van der Waals surface area contributed by atoms with E-state index in [1.54, 1.807) is 6.92 Å². The topological polar surface area (TPSA) is 33.2 Å². The van der Waals surface area contributed by atoms with Crippen LogP contribution in [-0.4, -0.2) is 28.9 Å². The highest BCUT2D eigenvalue weighted by Gasteiger charge is 2.26. The highest BCUT2D eigenvalue weighted by Crippen LogP contribution is 2.38. The first-order chi connectivity index (χ1) is 13.5. The smallest absolute Gasteiger partial charge is 0.219 e. The third kappa shape index (κ3) is 4.22. The molecule has 0 N–H and O–H groups in total. The maximum absolute atomic E-state index is 12.0. The molecule has 0 atom stereocenters. The van der Waals surface area contributed by atoms with Crippen LogP contribution in [0.5, 0.6) is 0 Å². The van der Waals surface area contributed by atoms with Crippen molar-refractivity contribution in [1.29, 1.82) is 0 Å². The minimum absolute atomic E-state index is 0.157. The molecule has 0 spiro atoms. The Balaban J connectivity index is 0.00000109. The van der Waals surface area contributed by atoms with Crippen molar-refractivity contribution in [1.82, 2.24) is 9.88 Å². The van der Waals surface area contributed by atoms with E-state index >= 15 is 0 Å². The molecule has 4 rings (SSSR count). The molecule has 2 heterocycles. The van der Waals surface area contributed by atoms with Crippen molar-refractivity contribution in [2.75, 3.05) is 13.1 Å². The maximum atomic E-state index is 12.0. The second-order valence-corrected chi connectivity index (χ2v) is 8.26. The fourth-order valence-corrected chi connectivity index (χ4v) is 4.55. The first kappa shape index (κ1) is 20.8. The van der Waals surface area contributed by atoms with Crippen LogP contribution < -0.4 is 0 Å². The van der Waals surface area contributed by atoms with E-state index in [0.717, 1.165) is 48.9 Å². The number of halogens is 1. The second-order valence-electron chi connectivity index (χ2n) is 7.34. The number of piperidine rings is 1. The van der Waals surface area contributed by atoms with Gasteiger partial charge in [0.05, 0.1) is 5.69 Å². The number of aromatic nitrogens is 1. The summed E-state index contributed by atoms with van der Waals surface area (Å²) in [5.74, 6) is 0.157. The molecule has 2 aliphatic rings. The zero-order valence-electron chi connectivity index (χ0n) is 17.3. The number of amides is 1. The van der Waals surface area contributed by atoms with E-state index in [2.05, 4.69) is 47.1 Å². The zero-order valence-corrected chi connectivity index (χ0v) is 18.9. The number of rotatable bonds is 0. The molecule has 1 fully saturated rings. The fraction of sp³-hybridized carbons (Fsp3) is 0.417. The number of carbonyl (C=O) groups excluding carboxylic acids is 1. The summed E-state index contributed by atoms with van der Waals surface area (Å²) in [5.41, 5.74) is 8.96. The predicted octanol–water partition coefficient (Wildman–Crippen LogP) is 5.72. The second kappa shape index (κ2) is 9.04. The average Bonchev–Trinajstić information content (AvgIpc) is 2.86. The van der Waals surface area contributed by atoms with Gasteiger partial charge in [-0.1, -0.05) is 37.6 Å². The summed E-state index contributed by atoms with van der Waals surface area (Å²) >= 11 is 3.58. The SMILES string of the molecule is CC.CC(=O)N1CCC/C(=C2/c3ccc(C)cc3CCc3cc(Br)cnc32)C1. The standard InChI is InChI=1S/C22H23BrN2O.C2H6/c1-14-5-8-20-16(10-14)6-7-17-11-19(23)12-24-22(17)21(20)18-4-3-9-25(13-18)15(2)26;1-2/h5,8,10-12H,3-4,6-7,9,13H2,1-2H3;1-2H3/b21-18+;. The van der Waals surface area contributed by atoms with Gasteiger partial charge in [0.2, 0.25) is 5.91 Å². The Labute approximate surface area is 177 Å². The highest BCUT2D eigenvalue weighted by atomic mass is 79.9. The van der Waals surface area contributed by atoms with Crippen LogP contribution in [-0.2, 0) is 17.6 Å². The molecule has 0 radical (unpaired) electrons. The zero-order chi connectivity index (χ0) is 20.3. The fourth-order valence-electron chi connectivity index (χ4n) is 4.17. The normalized spacial score (nSPS) is 18.4. The monoisotopic (exact) mass is 440 g/mol. The summed E-state index contributed by atoms with van der Waals surface area (Å²) < 4.78 is 1.02. The van der Waals surface area contributed by atoms with Crippen LogP contribution in [0.4, 0.5) is 0 Å². The first-order valence-electron chi connectivity index (χ1n) is 10.2. The number of hydrogen-bond donors (Lipinski definition) is 0. The molecule has 0 bridgehead atoms. The Morgan fingerprint density at radius 2 is 1.86 bits per heavy atom. The van der Waals surface area contributed by atoms with Crippen molar-refractivity contribution in [3.05, 3.63) is 68.5 Å². The summed E-state index contributed by atoms with van der Waals surface area (Å²) in [7, 11) is 0. The first-order valence-corrected chi connectivity index (χ1v) is 11.0. The molecule has 0 saturated carbocycles. The quantitative estimate of drug-likeness (QED) is 0.524. The van der Waals surface area contributed by atoms with Crippen molar-refractivity contribution in [2.45, 2.75) is 53.4 Å². The van der Waals surface area contributed by atoms with Gasteiger partial charge in [-0.3, -0.25) is 9.78 Å². The number of pyridine rings is 1. The Bertz CT molecular complexity index is 861. The van der Waals surface area contributed by atoms with Crippen LogP contribution in [0.2, 0.25) is 0 Å². The number of likely N-dealkylation sites (tertiary alicyclic amines) is 1. The van der Waals surface area contributed by atoms with E-state index in [9.17, 15) is 4.79 Å². The Morgan fingerprint density at radius 3 is 2.61 bits per heavy atom. The number of benzene rings is 1. The van der Waals surface area contributed by atoms with Gasteiger partial charge >= 0.3 is 0 Å². The Kier molecular flexibility index (Phi) is 6.71. The molecule has 4 heteroatoms. The van der Waals surface area contributed by atoms with Crippen LogP contribution in [0.1, 0.15) is 61.6 Å². The van der Waals surface area contributed by atoms with Crippen LogP contribution in [0.15, 0.2) is 40.5 Å². The van der Waals surface area contributed by atoms with E-state index in [0.29, 0.717) is 0 Å². The maximum Gasteiger partial charge on any atom is 0.219 e. The number of hydrogen-bond acceptors (Lipinski definition) is 2. The van der Waals surface area contributed by atoms with Gasteiger partial charge in [-0.2, -0.15) is 0 Å². The van der Waals surface area contributed by atoms with Crippen molar-refractivity contribution >= 4 is 27.4 Å². The lowest BCUT2D eigenvalue weighted by molar-refractivity contribution is -0.128. The minimum Gasteiger partial charge on any atom is -0.339 e. The largest absolute Gasteiger partial charge is 0.339 e. The summed E-state index contributed by atoms with van der Waals surface area (Å²) in [6.07, 6.45) is 5.96. The van der Waals surface area contributed by atoms with Gasteiger partial charge in [-0.15, -0.1) is 0 Å². The van der Waals surface area contributed by atoms with Gasteiger partial charge in [-0.05, 0) is 76.9 Å². The molecule has 1 aromatic carbocycles. The van der Waals surface area contributed by atoms with E-state index in [1.807, 2.05) is 24.9 Å². The molecule has 1 aliphatic heterocycles. The molecule has 3 nitrogen and oxygen atoms in total. The predicted molar refractivity (Wildman–Crippen MR) is 119 cm³/mol. The van der Waals surface area contributed by atoms with E-state index < -0.39 is 0 Å². The third-order valence-corrected chi connectivity index (χ3v) is 5.88. The van der Waals surface area contributed by atoms with E-state index in [1.165, 1.54) is 33.4 Å². The molecule has 1 aromatic heterocycles. The van der Waals surface area contributed by atoms with Crippen molar-refractivity contribution in [3.63, 3.8) is 0 Å². The number of aryl methyl sites for hydroxylation is 3. The average molecular weight is 441 g/mol. The van der Waals surface area contributed by atoms with Crippen molar-refractivity contribution in [3.8, 4) is 0 Å². The summed E-state index contributed by atoms with van der Waals surface area (Å²) in [4.78, 5) is 18.7. The van der Waals surface area contributed by atoms with Crippen LogP contribution in [0, 0.1) is 6.92 Å². The molecule has 0 unspecified atom stereocenters. The van der Waals surface area contributed by atoms with E-state index in [4.69, 9.17) is 4.98 Å². The Hall–Kier alpha value is -1.94. The lowest BCUT2D eigenvalue weighted by atomic mass is 9.88. The van der Waals surface area contributed by atoms with Crippen LogP contribution in [0.3, 0.4) is 0 Å². The third-order valence-electron chi connectivity index (χ3n) is 5.45. The molecule has 2 aromatic rings. The lowest BCUT2D eigenvalue weighted by Gasteiger charge is -2.30. The summed E-state index contributed by atoms with van der Waals surface area (Å²) in [5, 5.41) is 0. The van der Waals surface area contributed by atoms with Crippen LogP contribution in [0.25, 0.3) is 5.57 Å².